The average Bonchev–Trinajstić information content (AvgIpc) is 2.39. The number of nitrogens with zero attached hydrogens (tertiary/aromatic N) is 2. The summed E-state index contributed by atoms with van der Waals surface area (Å²) in [5, 5.41) is 2.93. The highest BCUT2D eigenvalue weighted by Gasteiger charge is 2.13. The van der Waals surface area contributed by atoms with E-state index in [1.165, 1.54) is 6.20 Å². The van der Waals surface area contributed by atoms with Crippen molar-refractivity contribution in [3.05, 3.63) is 59.2 Å². The van der Waals surface area contributed by atoms with Crippen molar-refractivity contribution in [2.75, 3.05) is 0 Å². The van der Waals surface area contributed by atoms with Gasteiger partial charge in [-0.25, -0.2) is 4.98 Å². The van der Waals surface area contributed by atoms with Crippen molar-refractivity contribution in [3.8, 4) is 0 Å². The standard InChI is InChI=1S/C15H17N3O/c1-10-6-4-5-7-13(10)12(3)18-15(19)14-9-16-11(2)8-17-14/h4-9,12H,1-3H3,(H,18,19). The Hall–Kier alpha value is -2.23. The number of carbonyl (C=O) groups is 1. The summed E-state index contributed by atoms with van der Waals surface area (Å²) in [6, 6.07) is 7.94. The molecule has 1 aromatic carbocycles. The molecule has 1 amide bonds. The van der Waals surface area contributed by atoms with E-state index in [-0.39, 0.29) is 11.9 Å². The number of aryl methyl sites for hydroxylation is 2. The SMILES string of the molecule is Cc1cnc(C(=O)NC(C)c2ccccc2C)cn1. The van der Waals surface area contributed by atoms with Crippen LogP contribution in [0.25, 0.3) is 0 Å². The summed E-state index contributed by atoms with van der Waals surface area (Å²) >= 11 is 0. The zero-order valence-corrected chi connectivity index (χ0v) is 11.3. The van der Waals surface area contributed by atoms with Crippen LogP contribution in [-0.4, -0.2) is 15.9 Å². The summed E-state index contributed by atoms with van der Waals surface area (Å²) in [5.41, 5.74) is 3.40. The third kappa shape index (κ3) is 3.16. The van der Waals surface area contributed by atoms with Gasteiger partial charge in [-0.15, -0.1) is 0 Å². The van der Waals surface area contributed by atoms with Gasteiger partial charge in [0.25, 0.3) is 5.91 Å². The first-order chi connectivity index (χ1) is 9.08. The lowest BCUT2D eigenvalue weighted by Gasteiger charge is -2.16. The minimum absolute atomic E-state index is 0.0585. The molecule has 0 bridgehead atoms. The second-order valence-corrected chi connectivity index (χ2v) is 4.59. The van der Waals surface area contributed by atoms with Crippen molar-refractivity contribution in [3.63, 3.8) is 0 Å². The van der Waals surface area contributed by atoms with Crippen LogP contribution in [0, 0.1) is 13.8 Å². The Balaban J connectivity index is 2.11. The van der Waals surface area contributed by atoms with Crippen LogP contribution in [0.3, 0.4) is 0 Å². The summed E-state index contributed by atoms with van der Waals surface area (Å²) in [4.78, 5) is 20.2. The van der Waals surface area contributed by atoms with Gasteiger partial charge in [0.2, 0.25) is 0 Å². The Morgan fingerprint density at radius 3 is 2.53 bits per heavy atom. The lowest BCUT2D eigenvalue weighted by Crippen LogP contribution is -2.28. The molecule has 2 rings (SSSR count). The number of carbonyl (C=O) groups excluding carboxylic acids is 1. The fourth-order valence-electron chi connectivity index (χ4n) is 1.93. The summed E-state index contributed by atoms with van der Waals surface area (Å²) in [5.74, 6) is -0.205. The Bertz CT molecular complexity index is 578. The maximum absolute atomic E-state index is 12.0. The number of aromatic nitrogens is 2. The van der Waals surface area contributed by atoms with Gasteiger partial charge in [0.1, 0.15) is 5.69 Å². The maximum atomic E-state index is 12.0. The third-order valence-corrected chi connectivity index (χ3v) is 3.02. The first-order valence-electron chi connectivity index (χ1n) is 6.23. The van der Waals surface area contributed by atoms with Crippen LogP contribution in [-0.2, 0) is 0 Å². The van der Waals surface area contributed by atoms with Crippen molar-refractivity contribution in [2.45, 2.75) is 26.8 Å². The second kappa shape index (κ2) is 5.61. The quantitative estimate of drug-likeness (QED) is 0.917. The Labute approximate surface area is 112 Å². The number of amides is 1. The van der Waals surface area contributed by atoms with Crippen LogP contribution < -0.4 is 5.32 Å². The summed E-state index contributed by atoms with van der Waals surface area (Å²) in [6.45, 7) is 5.83. The van der Waals surface area contributed by atoms with Crippen molar-refractivity contribution >= 4 is 5.91 Å². The van der Waals surface area contributed by atoms with Crippen molar-refractivity contribution in [1.29, 1.82) is 0 Å². The van der Waals surface area contributed by atoms with Crippen LogP contribution >= 0.6 is 0 Å². The van der Waals surface area contributed by atoms with Gasteiger partial charge >= 0.3 is 0 Å². The molecular formula is C15H17N3O. The van der Waals surface area contributed by atoms with Gasteiger partial charge in [0, 0.05) is 6.20 Å². The molecule has 0 fully saturated rings. The molecule has 19 heavy (non-hydrogen) atoms. The summed E-state index contributed by atoms with van der Waals surface area (Å²) in [7, 11) is 0. The first kappa shape index (κ1) is 13.2. The monoisotopic (exact) mass is 255 g/mol. The van der Waals surface area contributed by atoms with Gasteiger partial charge in [0.05, 0.1) is 17.9 Å². The summed E-state index contributed by atoms with van der Waals surface area (Å²) < 4.78 is 0. The molecule has 1 unspecified atom stereocenters. The Morgan fingerprint density at radius 2 is 1.89 bits per heavy atom. The fraction of sp³-hybridized carbons (Fsp3) is 0.267. The van der Waals surface area contributed by atoms with Crippen LogP contribution in [0.4, 0.5) is 0 Å². The molecule has 98 valence electrons. The normalized spacial score (nSPS) is 11.9. The zero-order chi connectivity index (χ0) is 13.8. The van der Waals surface area contributed by atoms with E-state index in [0.29, 0.717) is 5.69 Å². The smallest absolute Gasteiger partial charge is 0.271 e. The van der Waals surface area contributed by atoms with Gasteiger partial charge in [-0.05, 0) is 31.9 Å². The lowest BCUT2D eigenvalue weighted by atomic mass is 10.0. The highest BCUT2D eigenvalue weighted by Crippen LogP contribution is 2.16. The minimum Gasteiger partial charge on any atom is -0.344 e. The van der Waals surface area contributed by atoms with Gasteiger partial charge < -0.3 is 5.32 Å². The molecular weight excluding hydrogens is 238 g/mol. The molecule has 1 atom stereocenters. The van der Waals surface area contributed by atoms with Crippen LogP contribution in [0.1, 0.15) is 40.3 Å². The predicted octanol–water partition coefficient (Wildman–Crippen LogP) is 2.58. The number of nitrogens with one attached hydrogen (secondary N) is 1. The maximum Gasteiger partial charge on any atom is 0.271 e. The van der Waals surface area contributed by atoms with E-state index in [2.05, 4.69) is 15.3 Å². The number of benzene rings is 1. The zero-order valence-electron chi connectivity index (χ0n) is 11.3. The molecule has 4 heteroatoms. The highest BCUT2D eigenvalue weighted by molar-refractivity contribution is 5.92. The Kier molecular flexibility index (Phi) is 3.90. The molecule has 0 aliphatic rings. The molecule has 0 radical (unpaired) electrons. The van der Waals surface area contributed by atoms with E-state index < -0.39 is 0 Å². The number of hydrogen-bond donors (Lipinski definition) is 1. The van der Waals surface area contributed by atoms with Gasteiger partial charge in [-0.2, -0.15) is 0 Å². The van der Waals surface area contributed by atoms with Crippen LogP contribution in [0.15, 0.2) is 36.7 Å². The van der Waals surface area contributed by atoms with Gasteiger partial charge in [0.15, 0.2) is 0 Å². The highest BCUT2D eigenvalue weighted by atomic mass is 16.1. The van der Waals surface area contributed by atoms with Crippen molar-refractivity contribution in [2.24, 2.45) is 0 Å². The average molecular weight is 255 g/mol. The van der Waals surface area contributed by atoms with E-state index in [1.807, 2.05) is 45.0 Å². The van der Waals surface area contributed by atoms with Crippen molar-refractivity contribution in [1.82, 2.24) is 15.3 Å². The number of rotatable bonds is 3. The van der Waals surface area contributed by atoms with Crippen LogP contribution in [0.5, 0.6) is 0 Å². The third-order valence-electron chi connectivity index (χ3n) is 3.02. The van der Waals surface area contributed by atoms with E-state index in [1.54, 1.807) is 6.20 Å². The van der Waals surface area contributed by atoms with E-state index >= 15 is 0 Å². The fourth-order valence-corrected chi connectivity index (χ4v) is 1.93. The van der Waals surface area contributed by atoms with E-state index in [4.69, 9.17) is 0 Å². The molecule has 1 N–H and O–H groups in total. The molecule has 0 aliphatic carbocycles. The largest absolute Gasteiger partial charge is 0.344 e. The molecule has 0 saturated carbocycles. The molecule has 0 saturated heterocycles. The molecule has 1 heterocycles. The van der Waals surface area contributed by atoms with Gasteiger partial charge in [-0.1, -0.05) is 24.3 Å². The van der Waals surface area contributed by atoms with E-state index in [9.17, 15) is 4.79 Å². The minimum atomic E-state index is -0.205. The van der Waals surface area contributed by atoms with Crippen molar-refractivity contribution < 1.29 is 4.79 Å². The second-order valence-electron chi connectivity index (χ2n) is 4.59. The van der Waals surface area contributed by atoms with E-state index in [0.717, 1.165) is 16.8 Å². The van der Waals surface area contributed by atoms with Gasteiger partial charge in [-0.3, -0.25) is 9.78 Å². The topological polar surface area (TPSA) is 54.9 Å². The molecule has 2 aromatic rings. The molecule has 0 spiro atoms. The first-order valence-corrected chi connectivity index (χ1v) is 6.23. The predicted molar refractivity (Wildman–Crippen MR) is 73.8 cm³/mol. The molecule has 4 nitrogen and oxygen atoms in total. The van der Waals surface area contributed by atoms with Crippen LogP contribution in [0.2, 0.25) is 0 Å². The lowest BCUT2D eigenvalue weighted by molar-refractivity contribution is 0.0934. The molecule has 1 aromatic heterocycles. The number of hydrogen-bond acceptors (Lipinski definition) is 3. The molecule has 0 aliphatic heterocycles. The Morgan fingerprint density at radius 1 is 1.16 bits per heavy atom. The summed E-state index contributed by atoms with van der Waals surface area (Å²) in [6.07, 6.45) is 3.09.